The molecule has 2 heterocycles. The Morgan fingerprint density at radius 2 is 2.00 bits per heavy atom. The predicted molar refractivity (Wildman–Crippen MR) is 72.4 cm³/mol. The van der Waals surface area contributed by atoms with Gasteiger partial charge in [0.25, 0.3) is 0 Å². The van der Waals surface area contributed by atoms with Crippen LogP contribution in [0.5, 0.6) is 0 Å². The zero-order chi connectivity index (χ0) is 13.8. The third kappa shape index (κ3) is 3.30. The summed E-state index contributed by atoms with van der Waals surface area (Å²) < 4.78 is 11.8. The van der Waals surface area contributed by atoms with Gasteiger partial charge in [-0.2, -0.15) is 0 Å². The van der Waals surface area contributed by atoms with E-state index in [2.05, 4.69) is 18.7 Å². The van der Waals surface area contributed by atoms with Gasteiger partial charge < -0.3 is 9.47 Å². The molecule has 2 aliphatic heterocycles. The first-order valence-corrected chi connectivity index (χ1v) is 7.32. The van der Waals surface area contributed by atoms with Crippen LogP contribution in [0.3, 0.4) is 0 Å². The van der Waals surface area contributed by atoms with Crippen molar-refractivity contribution in [2.45, 2.75) is 58.3 Å². The fourth-order valence-electron chi connectivity index (χ4n) is 3.81. The highest BCUT2D eigenvalue weighted by atomic mass is 17.1. The van der Waals surface area contributed by atoms with Gasteiger partial charge in [0, 0.05) is 5.92 Å². The van der Waals surface area contributed by atoms with Crippen LogP contribution in [0.15, 0.2) is 11.8 Å². The van der Waals surface area contributed by atoms with Gasteiger partial charge in [-0.05, 0) is 56.9 Å². The van der Waals surface area contributed by atoms with E-state index in [-0.39, 0.29) is 6.29 Å². The third-order valence-corrected chi connectivity index (χ3v) is 4.70. The van der Waals surface area contributed by atoms with E-state index in [1.165, 1.54) is 44.8 Å². The molecule has 0 spiro atoms. The molecule has 19 heavy (non-hydrogen) atoms. The van der Waals surface area contributed by atoms with E-state index in [9.17, 15) is 0 Å². The molecule has 0 aromatic heterocycles. The number of allylic oxidation sites excluding steroid dienone is 1. The summed E-state index contributed by atoms with van der Waals surface area (Å²) in [6.45, 7) is 4.40. The lowest BCUT2D eigenvalue weighted by atomic mass is 9.67. The molecule has 0 aromatic carbocycles. The summed E-state index contributed by atoms with van der Waals surface area (Å²) in [5.74, 6) is 2.18. The minimum Gasteiger partial charge on any atom is -0.472 e. The van der Waals surface area contributed by atoms with Crippen LogP contribution in [0.25, 0.3) is 0 Å². The molecule has 2 fully saturated rings. The van der Waals surface area contributed by atoms with Crippen LogP contribution in [0, 0.1) is 17.8 Å². The molecule has 110 valence electrons. The Kier molecular flexibility index (Phi) is 5.25. The fraction of sp³-hybridized carbons (Fsp3) is 0.867. The summed E-state index contributed by atoms with van der Waals surface area (Å²) in [5.41, 5.74) is 1.43. The highest BCUT2D eigenvalue weighted by Crippen LogP contribution is 2.47. The van der Waals surface area contributed by atoms with Crippen LogP contribution < -0.4 is 0 Å². The van der Waals surface area contributed by atoms with Crippen molar-refractivity contribution < 1.29 is 19.6 Å². The molecular weight excluding hydrogens is 244 g/mol. The minimum absolute atomic E-state index is 0.0384. The van der Waals surface area contributed by atoms with Crippen molar-refractivity contribution in [1.82, 2.24) is 0 Å². The van der Waals surface area contributed by atoms with E-state index in [0.29, 0.717) is 12.0 Å². The molecule has 0 bridgehead atoms. The van der Waals surface area contributed by atoms with Crippen molar-refractivity contribution in [3.05, 3.63) is 11.8 Å². The van der Waals surface area contributed by atoms with Gasteiger partial charge in [-0.1, -0.05) is 6.42 Å². The molecule has 0 radical (unpaired) electrons. The highest BCUT2D eigenvalue weighted by molar-refractivity contribution is 5.09. The number of rotatable bonds is 0. The van der Waals surface area contributed by atoms with Crippen LogP contribution in [0.2, 0.25) is 0 Å². The summed E-state index contributed by atoms with van der Waals surface area (Å²) in [7, 11) is 1.18. The molecule has 5 atom stereocenters. The molecule has 1 aliphatic carbocycles. The molecule has 3 rings (SSSR count). The SMILES string of the molecule is CC1=COC2OC(C)CCC3CCCC1C32.COO. The lowest BCUT2D eigenvalue weighted by Crippen LogP contribution is -2.41. The summed E-state index contributed by atoms with van der Waals surface area (Å²) in [4.78, 5) is 3.25. The fourth-order valence-corrected chi connectivity index (χ4v) is 3.81. The van der Waals surface area contributed by atoms with E-state index in [4.69, 9.17) is 14.7 Å². The van der Waals surface area contributed by atoms with Crippen molar-refractivity contribution in [1.29, 1.82) is 0 Å². The second-order valence-corrected chi connectivity index (χ2v) is 5.95. The van der Waals surface area contributed by atoms with Crippen LogP contribution in [0.1, 0.15) is 46.0 Å². The van der Waals surface area contributed by atoms with Crippen LogP contribution >= 0.6 is 0 Å². The molecule has 0 amide bonds. The summed E-state index contributed by atoms with van der Waals surface area (Å²) in [6, 6.07) is 0. The van der Waals surface area contributed by atoms with Gasteiger partial charge in [-0.15, -0.1) is 0 Å². The van der Waals surface area contributed by atoms with E-state index in [1.807, 2.05) is 6.26 Å². The average molecular weight is 270 g/mol. The normalized spacial score (nSPS) is 40.8. The minimum atomic E-state index is 0.0384. The Balaban J connectivity index is 0.000000408. The summed E-state index contributed by atoms with van der Waals surface area (Å²) in [6.07, 6.45) is 8.98. The smallest absolute Gasteiger partial charge is 0.202 e. The second-order valence-electron chi connectivity index (χ2n) is 5.95. The summed E-state index contributed by atoms with van der Waals surface area (Å²) in [5, 5.41) is 7.07. The molecule has 1 saturated heterocycles. The quantitative estimate of drug-likeness (QED) is 0.540. The van der Waals surface area contributed by atoms with E-state index < -0.39 is 0 Å². The predicted octanol–water partition coefficient (Wildman–Crippen LogP) is 3.58. The van der Waals surface area contributed by atoms with Gasteiger partial charge in [0.05, 0.1) is 19.5 Å². The lowest BCUT2D eigenvalue weighted by molar-refractivity contribution is -0.214. The van der Waals surface area contributed by atoms with Gasteiger partial charge in [-0.25, -0.2) is 4.89 Å². The molecule has 3 aliphatic rings. The first kappa shape index (κ1) is 14.8. The Morgan fingerprint density at radius 3 is 2.74 bits per heavy atom. The van der Waals surface area contributed by atoms with Crippen molar-refractivity contribution >= 4 is 0 Å². The average Bonchev–Trinajstić information content (AvgIpc) is 2.56. The lowest BCUT2D eigenvalue weighted by Gasteiger charge is -2.43. The topological polar surface area (TPSA) is 47.9 Å². The van der Waals surface area contributed by atoms with Gasteiger partial charge >= 0.3 is 0 Å². The maximum atomic E-state index is 7.07. The van der Waals surface area contributed by atoms with Gasteiger partial charge in [0.1, 0.15) is 0 Å². The molecule has 1 N–H and O–H groups in total. The van der Waals surface area contributed by atoms with Crippen molar-refractivity contribution in [2.75, 3.05) is 7.11 Å². The molecule has 4 heteroatoms. The third-order valence-electron chi connectivity index (χ3n) is 4.70. The molecule has 0 aromatic rings. The maximum absolute atomic E-state index is 7.07. The molecular formula is C15H26O4. The zero-order valence-corrected chi connectivity index (χ0v) is 12.2. The largest absolute Gasteiger partial charge is 0.472 e. The molecule has 1 saturated carbocycles. The highest BCUT2D eigenvalue weighted by Gasteiger charge is 2.45. The molecule has 4 nitrogen and oxygen atoms in total. The van der Waals surface area contributed by atoms with Gasteiger partial charge in [0.2, 0.25) is 6.29 Å². The molecule has 5 unspecified atom stereocenters. The van der Waals surface area contributed by atoms with Crippen molar-refractivity contribution in [3.8, 4) is 0 Å². The number of hydrogen-bond donors (Lipinski definition) is 1. The van der Waals surface area contributed by atoms with Crippen LogP contribution in [-0.2, 0) is 14.4 Å². The van der Waals surface area contributed by atoms with E-state index in [0.717, 1.165) is 11.8 Å². The van der Waals surface area contributed by atoms with Gasteiger partial charge in [-0.3, -0.25) is 5.26 Å². The van der Waals surface area contributed by atoms with E-state index in [1.54, 1.807) is 0 Å². The number of hydrogen-bond acceptors (Lipinski definition) is 4. The zero-order valence-electron chi connectivity index (χ0n) is 12.2. The van der Waals surface area contributed by atoms with Gasteiger partial charge in [0.15, 0.2) is 0 Å². The van der Waals surface area contributed by atoms with E-state index >= 15 is 0 Å². The summed E-state index contributed by atoms with van der Waals surface area (Å²) >= 11 is 0. The maximum Gasteiger partial charge on any atom is 0.202 e. The first-order chi connectivity index (χ1) is 9.17. The van der Waals surface area contributed by atoms with Crippen molar-refractivity contribution in [3.63, 3.8) is 0 Å². The van der Waals surface area contributed by atoms with Crippen LogP contribution in [0.4, 0.5) is 0 Å². The Morgan fingerprint density at radius 1 is 1.26 bits per heavy atom. The Labute approximate surface area is 115 Å². The van der Waals surface area contributed by atoms with Crippen molar-refractivity contribution in [2.24, 2.45) is 17.8 Å². The standard InChI is InChI=1S/C14H22O2.CH4O2/c1-9-8-15-14-13-11(4-3-5-12(9)13)7-6-10(2)16-14;1-3-2/h8,10-14H,3-7H2,1-2H3;2H,1H3. The Hall–Kier alpha value is -0.580. The second kappa shape index (κ2) is 6.73. The first-order valence-electron chi connectivity index (χ1n) is 7.32. The monoisotopic (exact) mass is 270 g/mol. The number of ether oxygens (including phenoxy) is 2. The Bertz CT molecular complexity index is 315. The van der Waals surface area contributed by atoms with Crippen LogP contribution in [-0.4, -0.2) is 24.8 Å².